The SMILES string of the molecule is Cn1cnc(-c2cccc(NC(=O)c3cnn4ccc(NC5CC6(CCC6)C5)nc34)c2)n1. The number of fused-ring (bicyclic) bond motifs is 1. The van der Waals surface area contributed by atoms with Gasteiger partial charge in [-0.3, -0.25) is 9.48 Å². The summed E-state index contributed by atoms with van der Waals surface area (Å²) in [4.78, 5) is 22.0. The number of nitrogens with one attached hydrogen (secondary N) is 2. The second-order valence-electron chi connectivity index (χ2n) is 9.02. The summed E-state index contributed by atoms with van der Waals surface area (Å²) in [7, 11) is 1.82. The zero-order valence-corrected chi connectivity index (χ0v) is 17.8. The van der Waals surface area contributed by atoms with E-state index in [0.29, 0.717) is 34.2 Å². The number of anilines is 2. The average molecular weight is 429 g/mol. The molecular weight excluding hydrogens is 404 g/mol. The maximum absolute atomic E-state index is 13.0. The lowest BCUT2D eigenvalue weighted by Gasteiger charge is -2.54. The van der Waals surface area contributed by atoms with E-state index in [-0.39, 0.29) is 5.91 Å². The van der Waals surface area contributed by atoms with Gasteiger partial charge in [0.1, 0.15) is 17.7 Å². The molecule has 0 radical (unpaired) electrons. The van der Waals surface area contributed by atoms with E-state index in [1.165, 1.54) is 32.1 Å². The van der Waals surface area contributed by atoms with Crippen LogP contribution in [0.3, 0.4) is 0 Å². The molecule has 9 nitrogen and oxygen atoms in total. The van der Waals surface area contributed by atoms with Crippen LogP contribution in [0.4, 0.5) is 11.5 Å². The third-order valence-corrected chi connectivity index (χ3v) is 6.72. The van der Waals surface area contributed by atoms with Gasteiger partial charge in [-0.15, -0.1) is 0 Å². The Kier molecular flexibility index (Phi) is 4.24. The number of amides is 1. The highest BCUT2D eigenvalue weighted by molar-refractivity contribution is 6.08. The standard InChI is InChI=1S/C23H24N8O/c1-30-14-24-20(29-30)15-4-2-5-16(10-15)27-22(32)18-13-25-31-9-6-19(28-21(18)31)26-17-11-23(12-17)7-3-8-23/h2,4-6,9-10,13-14,17H,3,7-8,11-12H2,1H3,(H,26,28)(H,27,32). The molecule has 2 fully saturated rings. The summed E-state index contributed by atoms with van der Waals surface area (Å²) in [5, 5.41) is 15.1. The summed E-state index contributed by atoms with van der Waals surface area (Å²) in [5.74, 6) is 1.14. The molecule has 2 aliphatic rings. The molecule has 4 aromatic rings. The first-order valence-electron chi connectivity index (χ1n) is 11.0. The fourth-order valence-electron chi connectivity index (χ4n) is 4.90. The van der Waals surface area contributed by atoms with E-state index in [4.69, 9.17) is 0 Å². The average Bonchev–Trinajstić information content (AvgIpc) is 3.35. The smallest absolute Gasteiger partial charge is 0.261 e. The van der Waals surface area contributed by atoms with Crippen LogP contribution in [0.5, 0.6) is 0 Å². The van der Waals surface area contributed by atoms with E-state index in [0.717, 1.165) is 11.4 Å². The molecule has 9 heteroatoms. The van der Waals surface area contributed by atoms with Gasteiger partial charge in [-0.25, -0.2) is 14.5 Å². The van der Waals surface area contributed by atoms with Crippen molar-refractivity contribution in [3.63, 3.8) is 0 Å². The second-order valence-corrected chi connectivity index (χ2v) is 9.02. The topological polar surface area (TPSA) is 102 Å². The van der Waals surface area contributed by atoms with E-state index in [1.54, 1.807) is 21.7 Å². The van der Waals surface area contributed by atoms with Crippen molar-refractivity contribution in [1.82, 2.24) is 29.4 Å². The van der Waals surface area contributed by atoms with Crippen molar-refractivity contribution < 1.29 is 4.79 Å². The molecule has 2 N–H and O–H groups in total. The summed E-state index contributed by atoms with van der Waals surface area (Å²) in [6, 6.07) is 9.85. The highest BCUT2D eigenvalue weighted by atomic mass is 16.1. The third kappa shape index (κ3) is 3.30. The van der Waals surface area contributed by atoms with Gasteiger partial charge in [0.05, 0.1) is 6.20 Å². The predicted molar refractivity (Wildman–Crippen MR) is 120 cm³/mol. The zero-order valence-electron chi connectivity index (χ0n) is 17.8. The van der Waals surface area contributed by atoms with Crippen LogP contribution < -0.4 is 10.6 Å². The number of hydrogen-bond acceptors (Lipinski definition) is 6. The van der Waals surface area contributed by atoms with Crippen molar-refractivity contribution in [2.75, 3.05) is 10.6 Å². The molecule has 3 aromatic heterocycles. The van der Waals surface area contributed by atoms with Crippen molar-refractivity contribution in [2.24, 2.45) is 12.5 Å². The van der Waals surface area contributed by atoms with Crippen molar-refractivity contribution in [2.45, 2.75) is 38.1 Å². The molecule has 1 spiro atoms. The van der Waals surface area contributed by atoms with Gasteiger partial charge in [-0.2, -0.15) is 10.2 Å². The number of aryl methyl sites for hydroxylation is 1. The van der Waals surface area contributed by atoms with Crippen molar-refractivity contribution in [1.29, 1.82) is 0 Å². The molecule has 3 heterocycles. The fourth-order valence-corrected chi connectivity index (χ4v) is 4.90. The molecule has 2 aliphatic carbocycles. The molecular formula is C23H24N8O. The van der Waals surface area contributed by atoms with Crippen LogP contribution in [0.2, 0.25) is 0 Å². The first-order chi connectivity index (χ1) is 15.6. The number of benzene rings is 1. The van der Waals surface area contributed by atoms with Crippen molar-refractivity contribution in [3.8, 4) is 11.4 Å². The van der Waals surface area contributed by atoms with E-state index in [1.807, 2.05) is 43.6 Å². The van der Waals surface area contributed by atoms with E-state index >= 15 is 0 Å². The molecule has 1 amide bonds. The van der Waals surface area contributed by atoms with Crippen molar-refractivity contribution >= 4 is 23.1 Å². The monoisotopic (exact) mass is 428 g/mol. The quantitative estimate of drug-likeness (QED) is 0.504. The number of aromatic nitrogens is 6. The lowest BCUT2D eigenvalue weighted by molar-refractivity contribution is 0.0191. The Labute approximate surface area is 184 Å². The summed E-state index contributed by atoms with van der Waals surface area (Å²) in [5.41, 5.74) is 3.06. The summed E-state index contributed by atoms with van der Waals surface area (Å²) in [6.07, 6.45) is 11.6. The number of carbonyl (C=O) groups excluding carboxylic acids is 1. The van der Waals surface area contributed by atoms with E-state index in [9.17, 15) is 4.79 Å². The molecule has 0 saturated heterocycles. The largest absolute Gasteiger partial charge is 0.367 e. The van der Waals surface area contributed by atoms with E-state index < -0.39 is 0 Å². The van der Waals surface area contributed by atoms with Crippen LogP contribution in [0.1, 0.15) is 42.5 Å². The molecule has 1 aromatic carbocycles. The van der Waals surface area contributed by atoms with Crippen LogP contribution in [0, 0.1) is 5.41 Å². The Morgan fingerprint density at radius 1 is 1.22 bits per heavy atom. The Morgan fingerprint density at radius 2 is 2.09 bits per heavy atom. The Morgan fingerprint density at radius 3 is 2.84 bits per heavy atom. The van der Waals surface area contributed by atoms with Gasteiger partial charge >= 0.3 is 0 Å². The maximum atomic E-state index is 13.0. The Bertz CT molecular complexity index is 1310. The van der Waals surface area contributed by atoms with Crippen LogP contribution >= 0.6 is 0 Å². The Balaban J connectivity index is 1.20. The predicted octanol–water partition coefficient (Wildman–Crippen LogP) is 3.52. The first kappa shape index (κ1) is 19.0. The van der Waals surface area contributed by atoms with Crippen LogP contribution in [-0.2, 0) is 7.05 Å². The minimum atomic E-state index is -0.257. The summed E-state index contributed by atoms with van der Waals surface area (Å²) in [6.45, 7) is 0. The number of rotatable bonds is 5. The minimum Gasteiger partial charge on any atom is -0.367 e. The molecule has 0 aliphatic heterocycles. The molecule has 0 bridgehead atoms. The number of hydrogen-bond donors (Lipinski definition) is 2. The third-order valence-electron chi connectivity index (χ3n) is 6.72. The van der Waals surface area contributed by atoms with Crippen LogP contribution in [0.15, 0.2) is 49.1 Å². The minimum absolute atomic E-state index is 0.257. The summed E-state index contributed by atoms with van der Waals surface area (Å²) < 4.78 is 3.27. The Hall–Kier alpha value is -3.75. The number of nitrogens with zero attached hydrogens (tertiary/aromatic N) is 6. The van der Waals surface area contributed by atoms with Gasteiger partial charge in [-0.05, 0) is 49.3 Å². The molecule has 162 valence electrons. The van der Waals surface area contributed by atoms with Gasteiger partial charge in [0.15, 0.2) is 11.5 Å². The zero-order chi connectivity index (χ0) is 21.7. The molecule has 0 atom stereocenters. The summed E-state index contributed by atoms with van der Waals surface area (Å²) >= 11 is 0. The molecule has 0 unspecified atom stereocenters. The lowest BCUT2D eigenvalue weighted by Crippen LogP contribution is -2.49. The van der Waals surface area contributed by atoms with E-state index in [2.05, 4.69) is 30.8 Å². The normalized spacial score (nSPS) is 17.2. The van der Waals surface area contributed by atoms with Crippen LogP contribution in [0.25, 0.3) is 17.0 Å². The molecule has 6 rings (SSSR count). The highest BCUT2D eigenvalue weighted by Gasteiger charge is 2.48. The molecule has 2 saturated carbocycles. The van der Waals surface area contributed by atoms with Gasteiger partial charge in [0.25, 0.3) is 5.91 Å². The second kappa shape index (κ2) is 7.15. The van der Waals surface area contributed by atoms with Crippen LogP contribution in [-0.4, -0.2) is 41.3 Å². The fraction of sp³-hybridized carbons (Fsp3) is 0.348. The maximum Gasteiger partial charge on any atom is 0.261 e. The number of carbonyl (C=O) groups is 1. The highest BCUT2D eigenvalue weighted by Crippen LogP contribution is 2.56. The van der Waals surface area contributed by atoms with Gasteiger partial charge < -0.3 is 10.6 Å². The van der Waals surface area contributed by atoms with Crippen molar-refractivity contribution in [3.05, 3.63) is 54.6 Å². The van der Waals surface area contributed by atoms with Gasteiger partial charge in [0.2, 0.25) is 0 Å². The first-order valence-corrected chi connectivity index (χ1v) is 11.0. The van der Waals surface area contributed by atoms with Gasteiger partial charge in [0, 0.05) is 30.5 Å². The van der Waals surface area contributed by atoms with Gasteiger partial charge in [-0.1, -0.05) is 18.6 Å². The lowest BCUT2D eigenvalue weighted by atomic mass is 9.54. The molecule has 32 heavy (non-hydrogen) atoms.